The molecule has 16 aromatic carbocycles. The van der Waals surface area contributed by atoms with Gasteiger partial charge in [0.1, 0.15) is 22.3 Å². The Balaban J connectivity index is 0.000000141. The number of nitrogens with zero attached hydrogens (tertiary/aromatic N) is 6. The van der Waals surface area contributed by atoms with Gasteiger partial charge in [-0.05, 0) is 144 Å². The molecule has 2 aliphatic carbocycles. The van der Waals surface area contributed by atoms with Crippen molar-refractivity contribution in [1.82, 2.24) is 29.9 Å². The molecule has 0 radical (unpaired) electrons. The molecule has 8 nitrogen and oxygen atoms in total. The van der Waals surface area contributed by atoms with Crippen LogP contribution >= 0.6 is 0 Å². The maximum atomic E-state index is 6.63. The van der Waals surface area contributed by atoms with Gasteiger partial charge in [0.05, 0.1) is 10.8 Å². The molecule has 2 aliphatic rings. The Bertz CT molecular complexity index is 6760. The molecule has 20 aromatic rings. The summed E-state index contributed by atoms with van der Waals surface area (Å²) in [4.78, 5) is 29.8. The average Bonchev–Trinajstić information content (AvgIpc) is 1.54. The van der Waals surface area contributed by atoms with Crippen molar-refractivity contribution in [2.75, 3.05) is 0 Å². The second kappa shape index (κ2) is 27.1. The van der Waals surface area contributed by atoms with Gasteiger partial charge in [0.15, 0.2) is 34.9 Å². The zero-order valence-electron chi connectivity index (χ0n) is 60.6. The van der Waals surface area contributed by atoms with E-state index in [1.807, 2.05) is 133 Å². The predicted molar refractivity (Wildman–Crippen MR) is 452 cm³/mol. The van der Waals surface area contributed by atoms with Crippen molar-refractivity contribution >= 4 is 43.9 Å². The smallest absolute Gasteiger partial charge is 0.164 e. The Morgan fingerprint density at radius 2 is 0.402 bits per heavy atom. The van der Waals surface area contributed by atoms with E-state index in [4.69, 9.17) is 38.7 Å². The van der Waals surface area contributed by atoms with Crippen LogP contribution in [-0.2, 0) is 10.8 Å². The Kier molecular flexibility index (Phi) is 15.8. The number of furan rings is 2. The first kappa shape index (κ1) is 65.4. The van der Waals surface area contributed by atoms with Crippen molar-refractivity contribution in [1.29, 1.82) is 0 Å². The van der Waals surface area contributed by atoms with Gasteiger partial charge < -0.3 is 8.83 Å². The van der Waals surface area contributed by atoms with Crippen LogP contribution in [0, 0.1) is 0 Å². The first-order chi connectivity index (χ1) is 55.5. The number of hydrogen-bond acceptors (Lipinski definition) is 8. The molecule has 8 heteroatoms. The van der Waals surface area contributed by atoms with Gasteiger partial charge in [-0.3, -0.25) is 0 Å². The third kappa shape index (κ3) is 11.0. The molecule has 0 unspecified atom stereocenters. The second-order valence-electron chi connectivity index (χ2n) is 28.7. The van der Waals surface area contributed by atoms with Crippen LogP contribution in [-0.4, -0.2) is 29.9 Å². The Labute approximate surface area is 647 Å². The summed E-state index contributed by atoms with van der Waals surface area (Å²) >= 11 is 0. The second-order valence-corrected chi connectivity index (χ2v) is 28.7. The first-order valence-corrected chi connectivity index (χ1v) is 37.9. The standard InChI is InChI=1S/2C52H33N3O/c1-4-14-34(15-5-1)35-24-27-39(28-25-35)52(45-22-12-10-20-41(45)42-21-11-13-23-46(42)52)40-29-31-48-44(33-40)43-32-38(26-30-47(43)56-48)51-54-49(36-16-6-2-7-17-36)53-50(55-51)37-18-8-3-9-19-37;1-4-14-34(15-5-1)35-24-27-39(28-25-35)52(45-22-12-10-20-41(45)42-21-11-13-23-46(42)52)40-29-31-47-44(33-40)43-30-26-38(32-48(43)56-47)51-54-49(36-16-6-2-7-17-36)53-50(55-51)37-18-8-3-9-19-37/h2*1-33H. The highest BCUT2D eigenvalue weighted by Gasteiger charge is 2.48. The maximum absolute atomic E-state index is 6.63. The maximum Gasteiger partial charge on any atom is 0.164 e. The lowest BCUT2D eigenvalue weighted by Gasteiger charge is -2.34. The molecule has 0 fully saturated rings. The first-order valence-electron chi connectivity index (χ1n) is 37.9. The molecular formula is C104H66N6O2. The molecule has 22 rings (SSSR count). The fourth-order valence-corrected chi connectivity index (χ4v) is 17.3. The van der Waals surface area contributed by atoms with Crippen LogP contribution in [0.4, 0.5) is 0 Å². The Hall–Kier alpha value is -14.9. The van der Waals surface area contributed by atoms with E-state index < -0.39 is 10.8 Å². The van der Waals surface area contributed by atoms with Crippen LogP contribution in [0.3, 0.4) is 0 Å². The molecule has 0 bridgehead atoms. The van der Waals surface area contributed by atoms with Gasteiger partial charge in [0, 0.05) is 54.9 Å². The summed E-state index contributed by atoms with van der Waals surface area (Å²) in [6.07, 6.45) is 0. The molecule has 0 aliphatic heterocycles. The lowest BCUT2D eigenvalue weighted by Crippen LogP contribution is -2.28. The zero-order chi connectivity index (χ0) is 74.1. The van der Waals surface area contributed by atoms with Gasteiger partial charge in [-0.25, -0.2) is 29.9 Å². The topological polar surface area (TPSA) is 104 Å². The van der Waals surface area contributed by atoms with Crippen molar-refractivity contribution in [2.45, 2.75) is 10.8 Å². The van der Waals surface area contributed by atoms with Gasteiger partial charge in [-0.1, -0.05) is 346 Å². The minimum atomic E-state index is -0.554. The van der Waals surface area contributed by atoms with Crippen molar-refractivity contribution < 1.29 is 8.83 Å². The number of rotatable bonds is 12. The quantitative estimate of drug-likeness (QED) is 0.119. The molecule has 0 amide bonds. The van der Waals surface area contributed by atoms with E-state index in [0.29, 0.717) is 34.9 Å². The van der Waals surface area contributed by atoms with Gasteiger partial charge >= 0.3 is 0 Å². The summed E-state index contributed by atoms with van der Waals surface area (Å²) in [6.45, 7) is 0. The van der Waals surface area contributed by atoms with Gasteiger partial charge in [0.25, 0.3) is 0 Å². The molecule has 0 N–H and O–H groups in total. The normalized spacial score (nSPS) is 12.8. The molecular weight excluding hydrogens is 1370 g/mol. The third-order valence-corrected chi connectivity index (χ3v) is 22.5. The van der Waals surface area contributed by atoms with Gasteiger partial charge in [-0.15, -0.1) is 0 Å². The van der Waals surface area contributed by atoms with Crippen LogP contribution in [0.2, 0.25) is 0 Å². The van der Waals surface area contributed by atoms with Crippen LogP contribution in [0.25, 0.3) is 157 Å². The lowest BCUT2D eigenvalue weighted by molar-refractivity contribution is 0.668. The zero-order valence-corrected chi connectivity index (χ0v) is 60.6. The number of hydrogen-bond donors (Lipinski definition) is 0. The summed E-state index contributed by atoms with van der Waals surface area (Å²) in [5, 5.41) is 4.16. The van der Waals surface area contributed by atoms with E-state index in [0.717, 1.165) is 77.3 Å². The third-order valence-electron chi connectivity index (χ3n) is 22.5. The molecule has 112 heavy (non-hydrogen) atoms. The van der Waals surface area contributed by atoms with Crippen LogP contribution in [0.15, 0.2) is 409 Å². The molecule has 4 aromatic heterocycles. The van der Waals surface area contributed by atoms with E-state index in [1.54, 1.807) is 0 Å². The van der Waals surface area contributed by atoms with Gasteiger partial charge in [0.2, 0.25) is 0 Å². The SMILES string of the molecule is c1ccc(-c2ccc(C3(c4ccc5oc6cc(-c7nc(-c8ccccc8)nc(-c8ccccc8)n7)ccc6c5c4)c4ccccc4-c4ccccc43)cc2)cc1.c1ccc(-c2ccc(C3(c4ccc5oc6ccc(-c7nc(-c8ccccc8)nc(-c8ccccc8)n7)cc6c5c4)c4ccccc4-c4ccccc43)cc2)cc1. The molecule has 4 heterocycles. The average molecular weight is 1430 g/mol. The minimum Gasteiger partial charge on any atom is -0.456 e. The summed E-state index contributed by atoms with van der Waals surface area (Å²) in [7, 11) is 0. The van der Waals surface area contributed by atoms with Crippen molar-refractivity contribution in [3.8, 4) is 113 Å². The number of aromatic nitrogens is 6. The van der Waals surface area contributed by atoms with E-state index in [1.165, 1.54) is 89.0 Å². The van der Waals surface area contributed by atoms with Crippen LogP contribution in [0.5, 0.6) is 0 Å². The summed E-state index contributed by atoms with van der Waals surface area (Å²) in [5.74, 6) is 3.72. The van der Waals surface area contributed by atoms with E-state index >= 15 is 0 Å². The number of fused-ring (bicyclic) bond motifs is 12. The van der Waals surface area contributed by atoms with E-state index in [-0.39, 0.29) is 0 Å². The molecule has 0 saturated heterocycles. The van der Waals surface area contributed by atoms with Crippen molar-refractivity contribution in [3.63, 3.8) is 0 Å². The summed E-state index contributed by atoms with van der Waals surface area (Å²) < 4.78 is 13.2. The van der Waals surface area contributed by atoms with Crippen molar-refractivity contribution in [2.24, 2.45) is 0 Å². The minimum absolute atomic E-state index is 0.535. The molecule has 524 valence electrons. The van der Waals surface area contributed by atoms with Crippen LogP contribution in [0.1, 0.15) is 44.5 Å². The lowest BCUT2D eigenvalue weighted by atomic mass is 9.67. The fraction of sp³-hybridized carbons (Fsp3) is 0.0192. The molecule has 0 atom stereocenters. The molecule has 0 saturated carbocycles. The summed E-state index contributed by atoms with van der Waals surface area (Å²) in [6, 6.07) is 141. The van der Waals surface area contributed by atoms with Crippen LogP contribution < -0.4 is 0 Å². The van der Waals surface area contributed by atoms with E-state index in [2.05, 4.69) is 267 Å². The molecule has 0 spiro atoms. The Morgan fingerprint density at radius 1 is 0.161 bits per heavy atom. The largest absolute Gasteiger partial charge is 0.456 e. The predicted octanol–water partition coefficient (Wildman–Crippen LogP) is 25.6. The monoisotopic (exact) mass is 1430 g/mol. The highest BCUT2D eigenvalue weighted by Crippen LogP contribution is 2.59. The highest BCUT2D eigenvalue weighted by atomic mass is 16.3. The fourth-order valence-electron chi connectivity index (χ4n) is 17.3. The van der Waals surface area contributed by atoms with Gasteiger partial charge in [-0.2, -0.15) is 0 Å². The Morgan fingerprint density at radius 3 is 0.759 bits per heavy atom. The van der Waals surface area contributed by atoms with Crippen molar-refractivity contribution in [3.05, 3.63) is 445 Å². The van der Waals surface area contributed by atoms with E-state index in [9.17, 15) is 0 Å². The number of benzene rings is 16. The summed E-state index contributed by atoms with van der Waals surface area (Å²) in [5.41, 5.74) is 27.4. The highest BCUT2D eigenvalue weighted by molar-refractivity contribution is 6.08.